The number of thiol groups is 1. The number of fused-ring (bicyclic) bond motifs is 1. The van der Waals surface area contributed by atoms with E-state index < -0.39 is 5.41 Å². The molecule has 0 saturated carbocycles. The summed E-state index contributed by atoms with van der Waals surface area (Å²) in [5, 5.41) is 0. The second-order valence-electron chi connectivity index (χ2n) is 6.80. The summed E-state index contributed by atoms with van der Waals surface area (Å²) in [4.78, 5) is 14.9. The van der Waals surface area contributed by atoms with Crippen molar-refractivity contribution in [1.82, 2.24) is 0 Å². The number of anilines is 1. The van der Waals surface area contributed by atoms with Crippen LogP contribution >= 0.6 is 12.6 Å². The Hall–Kier alpha value is -1.00. The molecule has 0 atom stereocenters. The molecule has 1 aromatic carbocycles. The maximum absolute atomic E-state index is 12.9. The van der Waals surface area contributed by atoms with Gasteiger partial charge >= 0.3 is 0 Å². The zero-order chi connectivity index (χ0) is 15.1. The minimum absolute atomic E-state index is 0.0740. The highest BCUT2D eigenvalue weighted by molar-refractivity contribution is 7.80. The first-order valence-electron chi connectivity index (χ1n) is 7.60. The summed E-state index contributed by atoms with van der Waals surface area (Å²) in [6.07, 6.45) is 1.95. The van der Waals surface area contributed by atoms with Crippen molar-refractivity contribution in [1.29, 1.82) is 0 Å². The Kier molecular flexibility index (Phi) is 3.78. The lowest BCUT2D eigenvalue weighted by Gasteiger charge is -2.39. The molecule has 3 rings (SSSR count). The Bertz CT molecular complexity index is 549. The van der Waals surface area contributed by atoms with Crippen molar-refractivity contribution in [2.75, 3.05) is 30.4 Å². The van der Waals surface area contributed by atoms with Gasteiger partial charge in [0.2, 0.25) is 5.91 Å². The quantitative estimate of drug-likeness (QED) is 0.870. The molecule has 0 bridgehead atoms. The van der Waals surface area contributed by atoms with Crippen molar-refractivity contribution in [2.24, 2.45) is 5.41 Å². The normalized spacial score (nSPS) is 23.2. The predicted octanol–water partition coefficient (Wildman–Crippen LogP) is 3.04. The maximum atomic E-state index is 12.9. The van der Waals surface area contributed by atoms with Crippen molar-refractivity contribution < 1.29 is 9.53 Å². The fourth-order valence-electron chi connectivity index (χ4n) is 3.46. The van der Waals surface area contributed by atoms with Crippen LogP contribution in [0, 0.1) is 5.41 Å². The fourth-order valence-corrected chi connectivity index (χ4v) is 3.88. The Morgan fingerprint density at radius 1 is 1.24 bits per heavy atom. The summed E-state index contributed by atoms with van der Waals surface area (Å²) in [7, 11) is 0. The first-order valence-corrected chi connectivity index (χ1v) is 8.24. The molecule has 2 aliphatic heterocycles. The zero-order valence-electron chi connectivity index (χ0n) is 12.8. The molecule has 2 aliphatic rings. The van der Waals surface area contributed by atoms with Gasteiger partial charge in [0, 0.05) is 30.9 Å². The van der Waals surface area contributed by atoms with Gasteiger partial charge in [-0.15, -0.1) is 0 Å². The van der Waals surface area contributed by atoms with Crippen LogP contribution in [0.15, 0.2) is 24.3 Å². The van der Waals surface area contributed by atoms with Gasteiger partial charge in [0.25, 0.3) is 0 Å². The van der Waals surface area contributed by atoms with Crippen LogP contribution in [-0.4, -0.2) is 31.4 Å². The molecule has 0 aromatic heterocycles. The van der Waals surface area contributed by atoms with Gasteiger partial charge in [-0.2, -0.15) is 12.6 Å². The summed E-state index contributed by atoms with van der Waals surface area (Å²) in [5.74, 6) is 0.999. The molecule has 0 spiro atoms. The van der Waals surface area contributed by atoms with Gasteiger partial charge in [-0.05, 0) is 44.1 Å². The van der Waals surface area contributed by atoms with E-state index in [9.17, 15) is 4.79 Å². The Morgan fingerprint density at radius 2 is 1.90 bits per heavy atom. The van der Waals surface area contributed by atoms with Crippen molar-refractivity contribution in [3.05, 3.63) is 29.8 Å². The highest BCUT2D eigenvalue weighted by atomic mass is 32.1. The number of hydrogen-bond donors (Lipinski definition) is 1. The van der Waals surface area contributed by atoms with Gasteiger partial charge < -0.3 is 9.64 Å². The number of nitrogens with zero attached hydrogens (tertiary/aromatic N) is 1. The minimum Gasteiger partial charge on any atom is -0.381 e. The lowest BCUT2D eigenvalue weighted by Crippen LogP contribution is -2.46. The number of carbonyl (C=O) groups is 1. The van der Waals surface area contributed by atoms with E-state index in [-0.39, 0.29) is 11.3 Å². The molecule has 1 saturated heterocycles. The summed E-state index contributed by atoms with van der Waals surface area (Å²) in [6.45, 7) is 6.33. The predicted molar refractivity (Wildman–Crippen MR) is 88.2 cm³/mol. The highest BCUT2D eigenvalue weighted by Gasteiger charge is 2.46. The van der Waals surface area contributed by atoms with E-state index in [4.69, 9.17) is 4.74 Å². The van der Waals surface area contributed by atoms with Gasteiger partial charge in [-0.1, -0.05) is 18.2 Å². The van der Waals surface area contributed by atoms with E-state index in [0.29, 0.717) is 0 Å². The van der Waals surface area contributed by atoms with Crippen molar-refractivity contribution >= 4 is 24.2 Å². The van der Waals surface area contributed by atoms with Crippen molar-refractivity contribution in [2.45, 2.75) is 32.1 Å². The smallest absolute Gasteiger partial charge is 0.237 e. The molecule has 114 valence electrons. The monoisotopic (exact) mass is 305 g/mol. The van der Waals surface area contributed by atoms with E-state index in [2.05, 4.69) is 24.8 Å². The fraction of sp³-hybridized carbons (Fsp3) is 0.588. The zero-order valence-corrected chi connectivity index (χ0v) is 13.7. The lowest BCUT2D eigenvalue weighted by atomic mass is 9.81. The summed E-state index contributed by atoms with van der Waals surface area (Å²) in [6, 6.07) is 8.16. The summed E-state index contributed by atoms with van der Waals surface area (Å²) < 4.78 is 5.49. The SMILES string of the molecule is CC1(C)C(=O)N(CC2(CS)CCOCC2)c2ccccc21. The number of hydrogen-bond acceptors (Lipinski definition) is 3. The van der Waals surface area contributed by atoms with Crippen LogP contribution in [0.5, 0.6) is 0 Å². The average molecular weight is 305 g/mol. The number of rotatable bonds is 3. The third-order valence-electron chi connectivity index (χ3n) is 5.03. The Balaban J connectivity index is 1.94. The van der Waals surface area contributed by atoms with Crippen LogP contribution in [-0.2, 0) is 14.9 Å². The van der Waals surface area contributed by atoms with Crippen LogP contribution in [0.3, 0.4) is 0 Å². The van der Waals surface area contributed by atoms with Crippen LogP contribution in [0.4, 0.5) is 5.69 Å². The van der Waals surface area contributed by atoms with Gasteiger partial charge in [0.1, 0.15) is 0 Å². The highest BCUT2D eigenvalue weighted by Crippen LogP contribution is 2.44. The summed E-state index contributed by atoms with van der Waals surface area (Å²) in [5.41, 5.74) is 1.85. The number of carbonyl (C=O) groups excluding carboxylic acids is 1. The third-order valence-corrected chi connectivity index (χ3v) is 5.70. The molecule has 3 nitrogen and oxygen atoms in total. The molecule has 4 heteroatoms. The van der Waals surface area contributed by atoms with E-state index in [0.717, 1.165) is 49.6 Å². The lowest BCUT2D eigenvalue weighted by molar-refractivity contribution is -0.122. The minimum atomic E-state index is -0.431. The third kappa shape index (κ3) is 2.38. The number of ether oxygens (including phenoxy) is 1. The van der Waals surface area contributed by atoms with Crippen molar-refractivity contribution in [3.63, 3.8) is 0 Å². The molecule has 0 N–H and O–H groups in total. The maximum Gasteiger partial charge on any atom is 0.237 e. The second-order valence-corrected chi connectivity index (χ2v) is 7.12. The Labute approximate surface area is 132 Å². The van der Waals surface area contributed by atoms with Crippen LogP contribution in [0.1, 0.15) is 32.3 Å². The molecule has 1 aromatic rings. The molecular weight excluding hydrogens is 282 g/mol. The molecule has 21 heavy (non-hydrogen) atoms. The number of para-hydroxylation sites is 1. The Morgan fingerprint density at radius 3 is 2.57 bits per heavy atom. The molecule has 1 amide bonds. The largest absolute Gasteiger partial charge is 0.381 e. The number of benzene rings is 1. The van der Waals surface area contributed by atoms with Crippen molar-refractivity contribution in [3.8, 4) is 0 Å². The summed E-state index contributed by atoms with van der Waals surface area (Å²) >= 11 is 4.57. The van der Waals surface area contributed by atoms with E-state index >= 15 is 0 Å². The molecular formula is C17H23NO2S. The van der Waals surface area contributed by atoms with Gasteiger partial charge in [0.05, 0.1) is 5.41 Å². The molecule has 0 unspecified atom stereocenters. The first kappa shape index (κ1) is 14.9. The first-order chi connectivity index (χ1) is 10.0. The molecule has 1 fully saturated rings. The van der Waals surface area contributed by atoms with Crippen LogP contribution in [0.25, 0.3) is 0 Å². The topological polar surface area (TPSA) is 29.5 Å². The van der Waals surface area contributed by atoms with Gasteiger partial charge in [-0.3, -0.25) is 4.79 Å². The number of amides is 1. The standard InChI is InChI=1S/C17H23NO2S/c1-16(2)13-5-3-4-6-14(13)18(15(16)19)11-17(12-21)7-9-20-10-8-17/h3-6,21H,7-12H2,1-2H3. The van der Waals surface area contributed by atoms with Crippen LogP contribution in [0.2, 0.25) is 0 Å². The second kappa shape index (κ2) is 5.33. The van der Waals surface area contributed by atoms with Crippen LogP contribution < -0.4 is 4.90 Å². The molecule has 2 heterocycles. The van der Waals surface area contributed by atoms with Gasteiger partial charge in [0.15, 0.2) is 0 Å². The molecule has 0 aliphatic carbocycles. The average Bonchev–Trinajstić information content (AvgIpc) is 2.70. The molecule has 0 radical (unpaired) electrons. The van der Waals surface area contributed by atoms with Gasteiger partial charge in [-0.25, -0.2) is 0 Å². The van der Waals surface area contributed by atoms with E-state index in [1.54, 1.807) is 0 Å². The van der Waals surface area contributed by atoms with E-state index in [1.165, 1.54) is 0 Å². The van der Waals surface area contributed by atoms with E-state index in [1.807, 2.05) is 30.9 Å².